The van der Waals surface area contributed by atoms with E-state index in [1.807, 2.05) is 30.3 Å². The molecule has 6 heteroatoms. The van der Waals surface area contributed by atoms with Gasteiger partial charge in [-0.2, -0.15) is 5.10 Å². The number of ether oxygens (including phenoxy) is 1. The van der Waals surface area contributed by atoms with E-state index >= 15 is 0 Å². The molecular formula is C14H13BrN2O3. The van der Waals surface area contributed by atoms with Gasteiger partial charge >= 0.3 is 0 Å². The summed E-state index contributed by atoms with van der Waals surface area (Å²) in [5.74, 6) is 0.978. The number of hydrogen-bond acceptors (Lipinski definition) is 4. The first-order chi connectivity index (χ1) is 9.69. The average molecular weight is 337 g/mol. The average Bonchev–Trinajstić information content (AvgIpc) is 2.89. The quantitative estimate of drug-likeness (QED) is 0.674. The molecule has 0 radical (unpaired) electrons. The monoisotopic (exact) mass is 336 g/mol. The molecule has 0 aliphatic carbocycles. The molecule has 0 aliphatic heterocycles. The van der Waals surface area contributed by atoms with Crippen LogP contribution >= 0.6 is 15.9 Å². The Morgan fingerprint density at radius 2 is 2.10 bits per heavy atom. The molecule has 104 valence electrons. The number of hydrazone groups is 1. The van der Waals surface area contributed by atoms with Gasteiger partial charge in [-0.15, -0.1) is 0 Å². The van der Waals surface area contributed by atoms with E-state index in [1.54, 1.807) is 6.07 Å². The normalized spacial score (nSPS) is 10.9. The van der Waals surface area contributed by atoms with Crippen LogP contribution in [0.5, 0.6) is 0 Å². The van der Waals surface area contributed by atoms with E-state index < -0.39 is 0 Å². The standard InChI is InChI=1S/C14H13BrN2O3/c1-19-9-14(18)17-16-8-12-6-7-13(20-12)10-2-4-11(15)5-3-10/h2-8H,9H2,1H3,(H,17,18)/b16-8+. The number of hydrogen-bond donors (Lipinski definition) is 1. The minimum atomic E-state index is -0.316. The summed E-state index contributed by atoms with van der Waals surface area (Å²) in [6, 6.07) is 11.4. The molecule has 0 unspecified atom stereocenters. The number of methoxy groups -OCH3 is 1. The fraction of sp³-hybridized carbons (Fsp3) is 0.143. The maximum atomic E-state index is 11.1. The van der Waals surface area contributed by atoms with Crippen molar-refractivity contribution in [2.75, 3.05) is 13.7 Å². The lowest BCUT2D eigenvalue weighted by molar-refractivity contribution is -0.124. The maximum Gasteiger partial charge on any atom is 0.266 e. The zero-order chi connectivity index (χ0) is 14.4. The van der Waals surface area contributed by atoms with Gasteiger partial charge in [0, 0.05) is 17.1 Å². The lowest BCUT2D eigenvalue weighted by Gasteiger charge is -1.97. The van der Waals surface area contributed by atoms with E-state index in [0.717, 1.165) is 15.8 Å². The SMILES string of the molecule is COCC(=O)N/N=C/c1ccc(-c2ccc(Br)cc2)o1. The first kappa shape index (κ1) is 14.5. The van der Waals surface area contributed by atoms with E-state index in [1.165, 1.54) is 13.3 Å². The van der Waals surface area contributed by atoms with Gasteiger partial charge in [-0.3, -0.25) is 4.79 Å². The molecule has 1 aromatic heterocycles. The van der Waals surface area contributed by atoms with Crippen molar-refractivity contribution in [2.24, 2.45) is 5.10 Å². The van der Waals surface area contributed by atoms with Crippen LogP contribution in [0.25, 0.3) is 11.3 Å². The summed E-state index contributed by atoms with van der Waals surface area (Å²) in [6.07, 6.45) is 1.44. The van der Waals surface area contributed by atoms with E-state index in [0.29, 0.717) is 5.76 Å². The van der Waals surface area contributed by atoms with E-state index in [-0.39, 0.29) is 12.5 Å². The molecule has 0 atom stereocenters. The number of nitrogens with zero attached hydrogens (tertiary/aromatic N) is 1. The Balaban J connectivity index is 2.00. The molecule has 1 aromatic carbocycles. The smallest absolute Gasteiger partial charge is 0.266 e. The minimum Gasteiger partial charge on any atom is -0.455 e. The molecule has 5 nitrogen and oxygen atoms in total. The molecule has 0 saturated heterocycles. The van der Waals surface area contributed by atoms with Crippen LogP contribution in [-0.2, 0) is 9.53 Å². The molecule has 20 heavy (non-hydrogen) atoms. The van der Waals surface area contributed by atoms with Crippen molar-refractivity contribution in [3.63, 3.8) is 0 Å². The van der Waals surface area contributed by atoms with Crippen LogP contribution in [0, 0.1) is 0 Å². The predicted molar refractivity (Wildman–Crippen MR) is 79.5 cm³/mol. The summed E-state index contributed by atoms with van der Waals surface area (Å²) in [5.41, 5.74) is 3.30. The van der Waals surface area contributed by atoms with Gasteiger partial charge in [0.25, 0.3) is 5.91 Å². The van der Waals surface area contributed by atoms with Crippen molar-refractivity contribution in [2.45, 2.75) is 0 Å². The van der Waals surface area contributed by atoms with Crippen LogP contribution in [-0.4, -0.2) is 25.8 Å². The third-order valence-electron chi connectivity index (χ3n) is 2.41. The van der Waals surface area contributed by atoms with E-state index in [9.17, 15) is 4.79 Å². The van der Waals surface area contributed by atoms with Gasteiger partial charge < -0.3 is 9.15 Å². The molecule has 2 rings (SSSR count). The number of nitrogens with one attached hydrogen (secondary N) is 1. The van der Waals surface area contributed by atoms with Crippen LogP contribution in [0.2, 0.25) is 0 Å². The first-order valence-corrected chi connectivity index (χ1v) is 6.65. The highest BCUT2D eigenvalue weighted by Crippen LogP contribution is 2.23. The summed E-state index contributed by atoms with van der Waals surface area (Å²) in [4.78, 5) is 11.1. The van der Waals surface area contributed by atoms with Gasteiger partial charge in [0.1, 0.15) is 18.1 Å². The molecule has 2 aromatic rings. The van der Waals surface area contributed by atoms with Crippen molar-refractivity contribution in [1.82, 2.24) is 5.43 Å². The lowest BCUT2D eigenvalue weighted by Crippen LogP contribution is -2.22. The zero-order valence-electron chi connectivity index (χ0n) is 10.8. The second kappa shape index (κ2) is 7.02. The Hall–Kier alpha value is -1.92. The van der Waals surface area contributed by atoms with E-state index in [2.05, 4.69) is 31.2 Å². The molecular weight excluding hydrogens is 324 g/mol. The molecule has 1 N–H and O–H groups in total. The number of carbonyl (C=O) groups excluding carboxylic acids is 1. The highest BCUT2D eigenvalue weighted by molar-refractivity contribution is 9.10. The van der Waals surface area contributed by atoms with Gasteiger partial charge in [-0.05, 0) is 24.3 Å². The second-order valence-corrected chi connectivity index (χ2v) is 4.85. The third-order valence-corrected chi connectivity index (χ3v) is 2.94. The van der Waals surface area contributed by atoms with Gasteiger partial charge in [0.05, 0.1) is 6.21 Å². The predicted octanol–water partition coefficient (Wildman–Crippen LogP) is 2.81. The summed E-state index contributed by atoms with van der Waals surface area (Å²) in [7, 11) is 1.44. The van der Waals surface area contributed by atoms with Crippen molar-refractivity contribution in [3.8, 4) is 11.3 Å². The minimum absolute atomic E-state index is 0.0281. The fourth-order valence-corrected chi connectivity index (χ4v) is 1.79. The lowest BCUT2D eigenvalue weighted by atomic mass is 10.2. The molecule has 0 bridgehead atoms. The Kier molecular flexibility index (Phi) is 5.09. The molecule has 0 saturated carbocycles. The van der Waals surface area contributed by atoms with Crippen LogP contribution in [0.15, 0.2) is 50.4 Å². The van der Waals surface area contributed by atoms with Gasteiger partial charge in [-0.1, -0.05) is 28.1 Å². The third kappa shape index (κ3) is 4.04. The highest BCUT2D eigenvalue weighted by atomic mass is 79.9. The maximum absolute atomic E-state index is 11.1. The molecule has 0 spiro atoms. The largest absolute Gasteiger partial charge is 0.455 e. The van der Waals surface area contributed by atoms with Crippen LogP contribution in [0.3, 0.4) is 0 Å². The summed E-state index contributed by atoms with van der Waals surface area (Å²) in [5, 5.41) is 3.78. The highest BCUT2D eigenvalue weighted by Gasteiger charge is 2.03. The first-order valence-electron chi connectivity index (χ1n) is 5.85. The van der Waals surface area contributed by atoms with Gasteiger partial charge in [0.2, 0.25) is 0 Å². The molecule has 1 heterocycles. The Morgan fingerprint density at radius 1 is 1.35 bits per heavy atom. The topological polar surface area (TPSA) is 63.8 Å². The van der Waals surface area contributed by atoms with Crippen LogP contribution in [0.1, 0.15) is 5.76 Å². The Labute approximate surface area is 124 Å². The number of carbonyl (C=O) groups is 1. The van der Waals surface area contributed by atoms with Crippen molar-refractivity contribution >= 4 is 28.1 Å². The summed E-state index contributed by atoms with van der Waals surface area (Å²) in [6.45, 7) is -0.0281. The number of halogens is 1. The molecule has 0 fully saturated rings. The van der Waals surface area contributed by atoms with Crippen molar-refractivity contribution < 1.29 is 13.9 Å². The van der Waals surface area contributed by atoms with Crippen LogP contribution in [0.4, 0.5) is 0 Å². The van der Waals surface area contributed by atoms with Gasteiger partial charge in [-0.25, -0.2) is 5.43 Å². The summed E-state index contributed by atoms with van der Waals surface area (Å²) < 4.78 is 11.3. The molecule has 1 amide bonds. The van der Waals surface area contributed by atoms with Crippen LogP contribution < -0.4 is 5.43 Å². The fourth-order valence-electron chi connectivity index (χ4n) is 1.52. The van der Waals surface area contributed by atoms with Crippen molar-refractivity contribution in [1.29, 1.82) is 0 Å². The zero-order valence-corrected chi connectivity index (χ0v) is 12.4. The Morgan fingerprint density at radius 3 is 2.80 bits per heavy atom. The Bertz CT molecular complexity index is 605. The van der Waals surface area contributed by atoms with Gasteiger partial charge in [0.15, 0.2) is 0 Å². The number of rotatable bonds is 5. The number of amides is 1. The molecule has 0 aliphatic rings. The summed E-state index contributed by atoms with van der Waals surface area (Å²) >= 11 is 3.38. The van der Waals surface area contributed by atoms with Crippen molar-refractivity contribution in [3.05, 3.63) is 46.6 Å². The number of benzene rings is 1. The second-order valence-electron chi connectivity index (χ2n) is 3.94. The number of furan rings is 1. The van der Waals surface area contributed by atoms with E-state index in [4.69, 9.17) is 4.42 Å².